The summed E-state index contributed by atoms with van der Waals surface area (Å²) in [5.41, 5.74) is 15.4. The highest BCUT2D eigenvalue weighted by Gasteiger charge is 1.94. The number of hydrogen-bond acceptors (Lipinski definition) is 3. The molecule has 0 aliphatic heterocycles. The number of nitrogens with two attached hydrogens (primary N) is 1. The molecule has 5 heteroatoms. The van der Waals surface area contributed by atoms with Crippen LogP contribution in [0.5, 0.6) is 0 Å². The molecule has 1 aromatic heterocycles. The van der Waals surface area contributed by atoms with Crippen molar-refractivity contribution in [1.82, 2.24) is 4.98 Å². The van der Waals surface area contributed by atoms with Crippen LogP contribution in [0.2, 0.25) is 0 Å². The van der Waals surface area contributed by atoms with E-state index in [4.69, 9.17) is 11.3 Å². The Morgan fingerprint density at radius 2 is 2.47 bits per heavy atom. The van der Waals surface area contributed by atoms with Crippen LogP contribution in [0.4, 0.5) is 5.82 Å². The quantitative estimate of drug-likeness (QED) is 0.261. The van der Waals surface area contributed by atoms with E-state index < -0.39 is 0 Å². The van der Waals surface area contributed by atoms with Crippen LogP contribution in [0.1, 0.15) is 17.5 Å². The largest absolute Gasteiger partial charge is 0.384 e. The number of nitrogens with zero attached hydrogens (tertiary/aromatic N) is 4. The van der Waals surface area contributed by atoms with Crippen LogP contribution in [0.3, 0.4) is 0 Å². The SMILES string of the molecule is Cc1cc(N)ncc1C#CCCN=[N+]=[N-]. The zero-order valence-corrected chi connectivity index (χ0v) is 8.44. The van der Waals surface area contributed by atoms with Crippen LogP contribution in [-0.2, 0) is 0 Å². The van der Waals surface area contributed by atoms with Gasteiger partial charge in [-0.15, -0.1) is 0 Å². The summed E-state index contributed by atoms with van der Waals surface area (Å²) < 4.78 is 0. The van der Waals surface area contributed by atoms with E-state index in [2.05, 4.69) is 26.9 Å². The van der Waals surface area contributed by atoms with Crippen molar-refractivity contribution in [1.29, 1.82) is 0 Å². The molecular formula is C10H11N5. The predicted octanol–water partition coefficient (Wildman–Crippen LogP) is 2.02. The lowest BCUT2D eigenvalue weighted by atomic mass is 10.1. The van der Waals surface area contributed by atoms with E-state index in [-0.39, 0.29) is 0 Å². The van der Waals surface area contributed by atoms with E-state index >= 15 is 0 Å². The molecule has 0 aliphatic carbocycles. The number of pyridine rings is 1. The molecule has 0 unspecified atom stereocenters. The van der Waals surface area contributed by atoms with Gasteiger partial charge in [0.25, 0.3) is 0 Å². The Balaban J connectivity index is 2.67. The number of azide groups is 1. The summed E-state index contributed by atoms with van der Waals surface area (Å²) in [5, 5.41) is 3.38. The van der Waals surface area contributed by atoms with Crippen molar-refractivity contribution in [3.63, 3.8) is 0 Å². The van der Waals surface area contributed by atoms with Gasteiger partial charge in [0.1, 0.15) is 5.82 Å². The minimum atomic E-state index is 0.394. The van der Waals surface area contributed by atoms with Gasteiger partial charge < -0.3 is 5.73 Å². The molecule has 0 amide bonds. The molecule has 5 nitrogen and oxygen atoms in total. The van der Waals surface area contributed by atoms with E-state index in [1.54, 1.807) is 12.3 Å². The van der Waals surface area contributed by atoms with Crippen molar-refractivity contribution in [2.75, 3.05) is 12.3 Å². The van der Waals surface area contributed by atoms with Crippen LogP contribution in [0, 0.1) is 18.8 Å². The first-order valence-corrected chi connectivity index (χ1v) is 4.46. The molecule has 0 bridgehead atoms. The second-order valence-corrected chi connectivity index (χ2v) is 2.93. The van der Waals surface area contributed by atoms with Gasteiger partial charge in [0.2, 0.25) is 0 Å². The van der Waals surface area contributed by atoms with Gasteiger partial charge in [-0.3, -0.25) is 0 Å². The van der Waals surface area contributed by atoms with Gasteiger partial charge in [0.15, 0.2) is 0 Å². The van der Waals surface area contributed by atoms with Gasteiger partial charge in [-0.1, -0.05) is 17.0 Å². The predicted molar refractivity (Wildman–Crippen MR) is 58.9 cm³/mol. The maximum absolute atomic E-state index is 8.04. The fourth-order valence-electron chi connectivity index (χ4n) is 1.02. The summed E-state index contributed by atoms with van der Waals surface area (Å²) in [6.45, 7) is 2.32. The van der Waals surface area contributed by atoms with Crippen LogP contribution < -0.4 is 5.73 Å². The average Bonchev–Trinajstić information content (AvgIpc) is 2.20. The highest BCUT2D eigenvalue weighted by atomic mass is 15.1. The summed E-state index contributed by atoms with van der Waals surface area (Å²) in [6, 6.07) is 1.78. The van der Waals surface area contributed by atoms with Crippen LogP contribution in [0.15, 0.2) is 17.4 Å². The molecule has 0 spiro atoms. The molecule has 1 aromatic rings. The first-order chi connectivity index (χ1) is 7.24. The zero-order chi connectivity index (χ0) is 11.1. The fraction of sp³-hybridized carbons (Fsp3) is 0.300. The number of hydrogen-bond donors (Lipinski definition) is 1. The maximum atomic E-state index is 8.04. The first kappa shape index (κ1) is 10.9. The Morgan fingerprint density at radius 3 is 3.13 bits per heavy atom. The third-order valence-electron chi connectivity index (χ3n) is 1.76. The number of anilines is 1. The van der Waals surface area contributed by atoms with E-state index in [0.717, 1.165) is 11.1 Å². The standard InChI is InChI=1S/C10H11N5/c1-8-6-10(11)13-7-9(8)4-2-3-5-14-15-12/h6-7H,3,5H2,1H3,(H2,11,13). The first-order valence-electron chi connectivity index (χ1n) is 4.46. The summed E-state index contributed by atoms with van der Waals surface area (Å²) in [4.78, 5) is 6.59. The minimum Gasteiger partial charge on any atom is -0.384 e. The van der Waals surface area contributed by atoms with Gasteiger partial charge in [0, 0.05) is 29.6 Å². The van der Waals surface area contributed by atoms with Crippen molar-refractivity contribution < 1.29 is 0 Å². The molecule has 0 aromatic carbocycles. The van der Waals surface area contributed by atoms with E-state index in [1.165, 1.54) is 0 Å². The Hall–Kier alpha value is -2.18. The van der Waals surface area contributed by atoms with Gasteiger partial charge in [-0.2, -0.15) is 0 Å². The van der Waals surface area contributed by atoms with Crippen molar-refractivity contribution in [3.8, 4) is 11.8 Å². The monoisotopic (exact) mass is 201 g/mol. The molecule has 1 rings (SSSR count). The van der Waals surface area contributed by atoms with Gasteiger partial charge in [-0.05, 0) is 24.1 Å². The number of aromatic nitrogens is 1. The highest BCUT2D eigenvalue weighted by Crippen LogP contribution is 2.07. The molecule has 0 saturated heterocycles. The van der Waals surface area contributed by atoms with E-state index in [9.17, 15) is 0 Å². The van der Waals surface area contributed by atoms with Crippen LogP contribution in [-0.4, -0.2) is 11.5 Å². The fourth-order valence-corrected chi connectivity index (χ4v) is 1.02. The molecule has 0 aliphatic rings. The highest BCUT2D eigenvalue weighted by molar-refractivity contribution is 5.44. The average molecular weight is 201 g/mol. The van der Waals surface area contributed by atoms with Gasteiger partial charge in [-0.25, -0.2) is 4.98 Å². The van der Waals surface area contributed by atoms with Crippen molar-refractivity contribution in [3.05, 3.63) is 33.8 Å². The van der Waals surface area contributed by atoms with Crippen LogP contribution >= 0.6 is 0 Å². The number of nitrogen functional groups attached to an aromatic ring is 1. The summed E-state index contributed by atoms with van der Waals surface area (Å²) in [6.07, 6.45) is 2.19. The Kier molecular flexibility index (Phi) is 4.02. The Labute approximate surface area is 87.9 Å². The Bertz CT molecular complexity index is 449. The van der Waals surface area contributed by atoms with Gasteiger partial charge >= 0.3 is 0 Å². The van der Waals surface area contributed by atoms with Crippen LogP contribution in [0.25, 0.3) is 10.4 Å². The molecule has 15 heavy (non-hydrogen) atoms. The lowest BCUT2D eigenvalue weighted by Crippen LogP contribution is -1.92. The van der Waals surface area contributed by atoms with E-state index in [1.807, 2.05) is 6.92 Å². The molecule has 2 N–H and O–H groups in total. The van der Waals surface area contributed by atoms with Crippen molar-refractivity contribution in [2.24, 2.45) is 5.11 Å². The lowest BCUT2D eigenvalue weighted by molar-refractivity contribution is 1.01. The second kappa shape index (κ2) is 5.53. The second-order valence-electron chi connectivity index (χ2n) is 2.93. The number of rotatable bonds is 2. The Morgan fingerprint density at radius 1 is 1.67 bits per heavy atom. The molecule has 0 saturated carbocycles. The lowest BCUT2D eigenvalue weighted by Gasteiger charge is -1.97. The smallest absolute Gasteiger partial charge is 0.123 e. The molecule has 0 atom stereocenters. The molecule has 76 valence electrons. The minimum absolute atomic E-state index is 0.394. The van der Waals surface area contributed by atoms with Gasteiger partial charge in [0.05, 0.1) is 0 Å². The molecular weight excluding hydrogens is 190 g/mol. The maximum Gasteiger partial charge on any atom is 0.123 e. The van der Waals surface area contributed by atoms with Crippen molar-refractivity contribution >= 4 is 5.82 Å². The van der Waals surface area contributed by atoms with Crippen molar-refractivity contribution in [2.45, 2.75) is 13.3 Å². The van der Waals surface area contributed by atoms with E-state index in [0.29, 0.717) is 18.8 Å². The topological polar surface area (TPSA) is 87.7 Å². The molecule has 1 heterocycles. The molecule has 0 fully saturated rings. The summed E-state index contributed by atoms with van der Waals surface area (Å²) in [7, 11) is 0. The third kappa shape index (κ3) is 3.59. The zero-order valence-electron chi connectivity index (χ0n) is 8.44. The molecule has 0 radical (unpaired) electrons. The summed E-state index contributed by atoms with van der Waals surface area (Å²) >= 11 is 0. The normalized spacial score (nSPS) is 8.60. The third-order valence-corrected chi connectivity index (χ3v) is 1.76. The number of aryl methyl sites for hydroxylation is 1. The summed E-state index contributed by atoms with van der Waals surface area (Å²) in [5.74, 6) is 6.34.